The monoisotopic (exact) mass is 393 g/mol. The van der Waals surface area contributed by atoms with Crippen molar-refractivity contribution in [1.29, 1.82) is 0 Å². The van der Waals surface area contributed by atoms with E-state index in [4.69, 9.17) is 23.6 Å². The zero-order valence-electron chi connectivity index (χ0n) is 14.5. The Kier molecular flexibility index (Phi) is 7.18. The molecule has 1 aliphatic rings. The summed E-state index contributed by atoms with van der Waals surface area (Å²) in [6, 6.07) is 0. The molecule has 0 aliphatic carbocycles. The Hall–Kier alpha value is -1.46. The van der Waals surface area contributed by atoms with Crippen molar-refractivity contribution in [3.8, 4) is 0 Å². The molecule has 26 heavy (non-hydrogen) atoms. The lowest BCUT2D eigenvalue weighted by Gasteiger charge is -2.23. The summed E-state index contributed by atoms with van der Waals surface area (Å²) in [5, 5.41) is 9.52. The highest BCUT2D eigenvalue weighted by atomic mass is 31.1. The maximum atomic E-state index is 12.2. The molecule has 0 bridgehead atoms. The van der Waals surface area contributed by atoms with Crippen LogP contribution in [0.1, 0.15) is 18.7 Å². The Balaban J connectivity index is 2.40. The van der Waals surface area contributed by atoms with Gasteiger partial charge in [0.05, 0.1) is 19.3 Å². The van der Waals surface area contributed by atoms with E-state index in [1.54, 1.807) is 6.92 Å². The number of H-pyrrole nitrogens is 1. The molecular formula is C14H22N2O9P+. The van der Waals surface area contributed by atoms with Gasteiger partial charge in [-0.1, -0.05) is 0 Å². The van der Waals surface area contributed by atoms with Crippen LogP contribution < -0.4 is 11.2 Å². The highest BCUT2D eigenvalue weighted by Gasteiger charge is 2.51. The Bertz CT molecular complexity index is 749. The lowest BCUT2D eigenvalue weighted by Crippen LogP contribution is -2.41. The van der Waals surface area contributed by atoms with Gasteiger partial charge < -0.3 is 19.3 Å². The predicted octanol–water partition coefficient (Wildman–Crippen LogP) is -0.810. The minimum absolute atomic E-state index is 0.0817. The maximum absolute atomic E-state index is 12.2. The van der Waals surface area contributed by atoms with Crippen molar-refractivity contribution in [3.63, 3.8) is 0 Å². The van der Waals surface area contributed by atoms with Gasteiger partial charge in [0, 0.05) is 23.4 Å². The van der Waals surface area contributed by atoms with Crippen molar-refractivity contribution in [1.82, 2.24) is 9.55 Å². The van der Waals surface area contributed by atoms with Crippen molar-refractivity contribution in [2.24, 2.45) is 0 Å². The number of ether oxygens (including phenoxy) is 3. The molecule has 2 heterocycles. The minimum Gasteiger partial charge on any atom is -0.394 e. The summed E-state index contributed by atoms with van der Waals surface area (Å²) in [7, 11) is -1.52. The van der Waals surface area contributed by atoms with Crippen LogP contribution >= 0.6 is 8.25 Å². The van der Waals surface area contributed by atoms with Crippen LogP contribution in [0.15, 0.2) is 15.8 Å². The van der Waals surface area contributed by atoms with Crippen molar-refractivity contribution in [2.75, 3.05) is 20.3 Å². The van der Waals surface area contributed by atoms with E-state index in [1.165, 1.54) is 20.2 Å². The molecule has 0 aromatic carbocycles. The molecule has 12 heteroatoms. The summed E-state index contributed by atoms with van der Waals surface area (Å²) in [4.78, 5) is 35.0. The number of aromatic nitrogens is 2. The Morgan fingerprint density at radius 1 is 1.42 bits per heavy atom. The smallest absolute Gasteiger partial charge is 0.394 e. The van der Waals surface area contributed by atoms with Gasteiger partial charge in [0.2, 0.25) is 0 Å². The number of nitrogens with one attached hydrogen (secondary N) is 1. The van der Waals surface area contributed by atoms with E-state index in [2.05, 4.69) is 4.98 Å². The van der Waals surface area contributed by atoms with Gasteiger partial charge in [0.15, 0.2) is 12.3 Å². The van der Waals surface area contributed by atoms with E-state index in [0.29, 0.717) is 0 Å². The second-order valence-electron chi connectivity index (χ2n) is 5.88. The number of aryl methyl sites for hydroxylation is 1. The zero-order chi connectivity index (χ0) is 19.4. The molecule has 0 amide bonds. The van der Waals surface area contributed by atoms with E-state index in [9.17, 15) is 19.3 Å². The molecule has 0 saturated carbocycles. The average Bonchev–Trinajstić information content (AvgIpc) is 2.92. The Morgan fingerprint density at radius 2 is 2.12 bits per heavy atom. The third kappa shape index (κ3) is 4.63. The Labute approximate surface area is 149 Å². The first-order valence-electron chi connectivity index (χ1n) is 7.84. The van der Waals surface area contributed by atoms with Crippen molar-refractivity contribution in [3.05, 3.63) is 32.6 Å². The number of rotatable bonds is 8. The van der Waals surface area contributed by atoms with Crippen LogP contribution in [-0.2, 0) is 23.3 Å². The van der Waals surface area contributed by atoms with Crippen LogP contribution in [0, 0.1) is 6.92 Å². The molecule has 11 nitrogen and oxygen atoms in total. The number of hydrogen-bond donors (Lipinski definition) is 3. The van der Waals surface area contributed by atoms with Gasteiger partial charge >= 0.3 is 13.9 Å². The lowest BCUT2D eigenvalue weighted by molar-refractivity contribution is -0.0928. The first-order valence-corrected chi connectivity index (χ1v) is 8.97. The van der Waals surface area contributed by atoms with E-state index in [-0.39, 0.29) is 18.3 Å². The van der Waals surface area contributed by atoms with Gasteiger partial charge in [-0.2, -0.15) is 0 Å². The van der Waals surface area contributed by atoms with Gasteiger partial charge in [-0.05, 0) is 13.8 Å². The predicted molar refractivity (Wildman–Crippen MR) is 88.0 cm³/mol. The van der Waals surface area contributed by atoms with Crippen LogP contribution in [0.5, 0.6) is 0 Å². The van der Waals surface area contributed by atoms with Crippen LogP contribution in [0.4, 0.5) is 0 Å². The van der Waals surface area contributed by atoms with E-state index < -0.39 is 50.7 Å². The fraction of sp³-hybridized carbons (Fsp3) is 0.714. The third-order valence-corrected chi connectivity index (χ3v) is 4.45. The molecular weight excluding hydrogens is 371 g/mol. The van der Waals surface area contributed by atoms with Crippen LogP contribution in [0.2, 0.25) is 0 Å². The normalized spacial score (nSPS) is 27.5. The lowest BCUT2D eigenvalue weighted by atomic mass is 10.1. The van der Waals surface area contributed by atoms with Crippen molar-refractivity contribution >= 4 is 8.25 Å². The van der Waals surface area contributed by atoms with Crippen molar-refractivity contribution in [2.45, 2.75) is 44.5 Å². The van der Waals surface area contributed by atoms with Gasteiger partial charge in [0.25, 0.3) is 5.56 Å². The summed E-state index contributed by atoms with van der Waals surface area (Å²) in [6.45, 7) is 2.81. The number of nitrogens with zero attached hydrogens (tertiary/aromatic N) is 1. The molecule has 0 radical (unpaired) electrons. The molecule has 1 aliphatic heterocycles. The first-order chi connectivity index (χ1) is 12.3. The highest BCUT2D eigenvalue weighted by molar-refractivity contribution is 7.32. The largest absolute Gasteiger partial charge is 0.695 e. The summed E-state index contributed by atoms with van der Waals surface area (Å²) >= 11 is 0. The second kappa shape index (κ2) is 8.96. The fourth-order valence-corrected chi connectivity index (χ4v) is 3.04. The van der Waals surface area contributed by atoms with Crippen LogP contribution in [-0.4, -0.2) is 64.3 Å². The average molecular weight is 393 g/mol. The molecule has 146 valence electrons. The number of aromatic amines is 1. The van der Waals surface area contributed by atoms with E-state index in [1.807, 2.05) is 0 Å². The summed E-state index contributed by atoms with van der Waals surface area (Å²) < 4.78 is 33.7. The molecule has 1 aromatic heterocycles. The number of aliphatic hydroxyl groups is 1. The molecule has 3 N–H and O–H groups in total. The maximum Gasteiger partial charge on any atom is 0.695 e. The Morgan fingerprint density at radius 3 is 2.69 bits per heavy atom. The molecule has 2 unspecified atom stereocenters. The fourth-order valence-electron chi connectivity index (χ4n) is 2.58. The number of aliphatic hydroxyl groups excluding tert-OH is 1. The molecule has 1 aromatic rings. The van der Waals surface area contributed by atoms with E-state index >= 15 is 0 Å². The van der Waals surface area contributed by atoms with Crippen molar-refractivity contribution < 1.29 is 33.3 Å². The molecule has 0 spiro atoms. The van der Waals surface area contributed by atoms with Gasteiger partial charge in [-0.3, -0.25) is 14.3 Å². The first kappa shape index (κ1) is 20.8. The summed E-state index contributed by atoms with van der Waals surface area (Å²) in [6.07, 6.45) is -3.22. The number of hydrogen-bond acceptors (Lipinski definition) is 8. The van der Waals surface area contributed by atoms with Crippen LogP contribution in [0.25, 0.3) is 0 Å². The highest BCUT2D eigenvalue weighted by Crippen LogP contribution is 2.37. The summed E-state index contributed by atoms with van der Waals surface area (Å²) in [5.74, 6) is 0. The van der Waals surface area contributed by atoms with Gasteiger partial charge in [0.1, 0.15) is 12.2 Å². The van der Waals surface area contributed by atoms with Crippen LogP contribution in [0.3, 0.4) is 0 Å². The molecule has 2 rings (SSSR count). The van der Waals surface area contributed by atoms with Gasteiger partial charge in [-0.15, -0.1) is 9.42 Å². The second-order valence-corrected chi connectivity index (χ2v) is 6.56. The van der Waals surface area contributed by atoms with Gasteiger partial charge in [-0.25, -0.2) is 4.79 Å². The molecule has 1 fully saturated rings. The van der Waals surface area contributed by atoms with E-state index in [0.717, 1.165) is 4.57 Å². The molecule has 6 atom stereocenters. The molecule has 1 saturated heterocycles. The SMILES string of the molecule is CO[C@@H](C)CO[C@H]1C(O[P+](=O)O)[C@@H](CO)O[C@H]1n1cc(C)c(=O)[nH]c1=O. The third-order valence-electron chi connectivity index (χ3n) is 4.02. The standard InChI is InChI=1S/C14H21N2O9P/c1-7-4-16(14(19)15-12(7)18)13-11(23-6-8(2)22-3)10(25-26(20)21)9(5-17)24-13/h4,8-11,13,17H,5-6H2,1-3H3,(H-,15,18,19,20,21)/p+1/t8-,9+,10?,11-,13+/m0/s1. The summed E-state index contributed by atoms with van der Waals surface area (Å²) in [5.41, 5.74) is -1.03. The quantitative estimate of drug-likeness (QED) is 0.482. The minimum atomic E-state index is -3.00. The topological polar surface area (TPSA) is 149 Å². The zero-order valence-corrected chi connectivity index (χ0v) is 15.4. The number of methoxy groups -OCH3 is 1.